The summed E-state index contributed by atoms with van der Waals surface area (Å²) >= 11 is 6.15. The minimum atomic E-state index is -3.39. The standard InChI is InChI=1S/C15H22ClFN6O2S/c1-4-9(2)14-20-13(16)12-7-18-15(21-23(12)14)19-11-5-6-22(8-10(11)17)26(3,24)25/h7,9-11H,4-6,8H2,1-3H3,(H,19,21)/t9?,10-,11-/m1/s1. The maximum Gasteiger partial charge on any atom is 0.241 e. The molecule has 1 N–H and O–H groups in total. The number of hydrogen-bond acceptors (Lipinski definition) is 6. The Morgan fingerprint density at radius 2 is 2.23 bits per heavy atom. The fraction of sp³-hybridized carbons (Fsp3) is 0.667. The van der Waals surface area contributed by atoms with Gasteiger partial charge in [-0.3, -0.25) is 0 Å². The van der Waals surface area contributed by atoms with Crippen LogP contribution < -0.4 is 5.32 Å². The van der Waals surface area contributed by atoms with Crippen LogP contribution in [-0.2, 0) is 10.0 Å². The van der Waals surface area contributed by atoms with Gasteiger partial charge in [-0.15, -0.1) is 5.10 Å². The summed E-state index contributed by atoms with van der Waals surface area (Å²) < 4.78 is 40.3. The lowest BCUT2D eigenvalue weighted by Crippen LogP contribution is -2.49. The van der Waals surface area contributed by atoms with Crippen molar-refractivity contribution in [2.24, 2.45) is 0 Å². The first-order valence-electron chi connectivity index (χ1n) is 8.47. The number of sulfonamides is 1. The minimum absolute atomic E-state index is 0.157. The van der Waals surface area contributed by atoms with E-state index in [1.165, 1.54) is 0 Å². The zero-order valence-electron chi connectivity index (χ0n) is 14.9. The van der Waals surface area contributed by atoms with Gasteiger partial charge in [0, 0.05) is 19.0 Å². The summed E-state index contributed by atoms with van der Waals surface area (Å²) in [5.74, 6) is 1.14. The van der Waals surface area contributed by atoms with Crippen LogP contribution in [0.25, 0.3) is 5.52 Å². The van der Waals surface area contributed by atoms with Gasteiger partial charge in [-0.2, -0.15) is 4.31 Å². The van der Waals surface area contributed by atoms with E-state index < -0.39 is 22.2 Å². The van der Waals surface area contributed by atoms with Crippen LogP contribution in [0.5, 0.6) is 0 Å². The molecule has 1 aliphatic heterocycles. The molecule has 0 aliphatic carbocycles. The number of rotatable bonds is 5. The van der Waals surface area contributed by atoms with E-state index in [1.807, 2.05) is 13.8 Å². The summed E-state index contributed by atoms with van der Waals surface area (Å²) in [5, 5.41) is 7.72. The largest absolute Gasteiger partial charge is 0.347 e. The third-order valence-corrected chi connectivity index (χ3v) is 6.26. The SMILES string of the molecule is CCC(C)c1nc(Cl)c2cnc(N[C@@H]3CCN(S(C)(=O)=O)C[C@H]3F)nn12. The molecule has 11 heteroatoms. The van der Waals surface area contributed by atoms with Gasteiger partial charge >= 0.3 is 0 Å². The van der Waals surface area contributed by atoms with Crippen molar-refractivity contribution in [3.8, 4) is 0 Å². The topological polar surface area (TPSA) is 92.5 Å². The average Bonchev–Trinajstić information content (AvgIpc) is 2.91. The summed E-state index contributed by atoms with van der Waals surface area (Å²) in [7, 11) is -3.39. The normalized spacial score (nSPS) is 23.3. The third-order valence-electron chi connectivity index (χ3n) is 4.71. The van der Waals surface area contributed by atoms with Crippen molar-refractivity contribution in [3.63, 3.8) is 0 Å². The molecule has 26 heavy (non-hydrogen) atoms. The first kappa shape index (κ1) is 19.2. The van der Waals surface area contributed by atoms with Crippen molar-refractivity contribution < 1.29 is 12.8 Å². The number of imidazole rings is 1. The number of piperidine rings is 1. The van der Waals surface area contributed by atoms with Gasteiger partial charge < -0.3 is 5.32 Å². The van der Waals surface area contributed by atoms with Crippen LogP contribution in [0.15, 0.2) is 6.20 Å². The van der Waals surface area contributed by atoms with Crippen molar-refractivity contribution in [1.29, 1.82) is 0 Å². The van der Waals surface area contributed by atoms with Crippen LogP contribution in [0.4, 0.5) is 10.3 Å². The predicted octanol–water partition coefficient (Wildman–Crippen LogP) is 2.08. The summed E-state index contributed by atoms with van der Waals surface area (Å²) in [6.45, 7) is 4.16. The molecule has 0 bridgehead atoms. The molecule has 1 saturated heterocycles. The van der Waals surface area contributed by atoms with Gasteiger partial charge in [-0.1, -0.05) is 25.4 Å². The number of nitrogens with one attached hydrogen (secondary N) is 1. The molecule has 8 nitrogen and oxygen atoms in total. The monoisotopic (exact) mass is 404 g/mol. The lowest BCUT2D eigenvalue weighted by Gasteiger charge is -2.33. The molecule has 144 valence electrons. The molecule has 3 rings (SSSR count). The van der Waals surface area contributed by atoms with Gasteiger partial charge in [-0.25, -0.2) is 27.3 Å². The highest BCUT2D eigenvalue weighted by Crippen LogP contribution is 2.25. The van der Waals surface area contributed by atoms with Gasteiger partial charge in [0.2, 0.25) is 16.0 Å². The summed E-state index contributed by atoms with van der Waals surface area (Å²) in [6.07, 6.45) is 2.49. The molecular formula is C15H22ClFN6O2S. The first-order chi connectivity index (χ1) is 12.2. The fourth-order valence-corrected chi connectivity index (χ4v) is 4.01. The lowest BCUT2D eigenvalue weighted by atomic mass is 10.1. The second kappa shape index (κ2) is 7.24. The van der Waals surface area contributed by atoms with Crippen molar-refractivity contribution in [2.45, 2.75) is 44.8 Å². The molecule has 0 spiro atoms. The number of anilines is 1. The average molecular weight is 405 g/mol. The van der Waals surface area contributed by atoms with Crippen LogP contribution in [0.2, 0.25) is 5.15 Å². The Morgan fingerprint density at radius 3 is 2.85 bits per heavy atom. The molecule has 3 heterocycles. The Hall–Kier alpha value is -1.52. The molecule has 0 amide bonds. The maximum atomic E-state index is 14.4. The molecule has 3 atom stereocenters. The first-order valence-corrected chi connectivity index (χ1v) is 10.7. The zero-order valence-corrected chi connectivity index (χ0v) is 16.4. The van der Waals surface area contributed by atoms with Crippen LogP contribution in [0.1, 0.15) is 38.4 Å². The Bertz CT molecular complexity index is 905. The van der Waals surface area contributed by atoms with E-state index in [2.05, 4.69) is 20.4 Å². The summed E-state index contributed by atoms with van der Waals surface area (Å²) in [5.41, 5.74) is 0.594. The van der Waals surface area contributed by atoms with Crippen molar-refractivity contribution >= 4 is 33.1 Å². The van der Waals surface area contributed by atoms with E-state index in [1.54, 1.807) is 10.7 Å². The number of nitrogens with zero attached hydrogens (tertiary/aromatic N) is 5. The Labute approximate surface area is 156 Å². The molecule has 0 saturated carbocycles. The maximum absolute atomic E-state index is 14.4. The predicted molar refractivity (Wildman–Crippen MR) is 97.8 cm³/mol. The second-order valence-corrected chi connectivity index (χ2v) is 8.97. The number of fused-ring (bicyclic) bond motifs is 1. The quantitative estimate of drug-likeness (QED) is 0.820. The number of hydrogen-bond donors (Lipinski definition) is 1. The highest BCUT2D eigenvalue weighted by Gasteiger charge is 2.33. The van der Waals surface area contributed by atoms with Crippen LogP contribution in [0, 0.1) is 0 Å². The summed E-state index contributed by atoms with van der Waals surface area (Å²) in [6, 6.07) is -0.559. The van der Waals surface area contributed by atoms with E-state index >= 15 is 0 Å². The Morgan fingerprint density at radius 1 is 1.50 bits per heavy atom. The Balaban J connectivity index is 1.81. The second-order valence-electron chi connectivity index (χ2n) is 6.63. The van der Waals surface area contributed by atoms with Crippen LogP contribution in [0.3, 0.4) is 0 Å². The third kappa shape index (κ3) is 3.77. The zero-order chi connectivity index (χ0) is 19.1. The molecular weight excluding hydrogens is 383 g/mol. The Kier molecular flexibility index (Phi) is 5.36. The number of alkyl halides is 1. The van der Waals surface area contributed by atoms with Gasteiger partial charge in [0.1, 0.15) is 17.5 Å². The van der Waals surface area contributed by atoms with E-state index in [4.69, 9.17) is 11.6 Å². The van der Waals surface area contributed by atoms with Crippen molar-refractivity contribution in [2.75, 3.05) is 24.7 Å². The lowest BCUT2D eigenvalue weighted by molar-refractivity contribution is 0.186. The fourth-order valence-electron chi connectivity index (χ4n) is 2.95. The molecule has 1 unspecified atom stereocenters. The van der Waals surface area contributed by atoms with E-state index in [9.17, 15) is 12.8 Å². The van der Waals surface area contributed by atoms with Gasteiger partial charge in [-0.05, 0) is 12.8 Å². The molecule has 2 aromatic rings. The summed E-state index contributed by atoms with van der Waals surface area (Å²) in [4.78, 5) is 8.55. The molecule has 0 radical (unpaired) electrons. The highest BCUT2D eigenvalue weighted by atomic mass is 35.5. The van der Waals surface area contributed by atoms with E-state index in [0.717, 1.165) is 22.8 Å². The van der Waals surface area contributed by atoms with E-state index in [0.29, 0.717) is 17.1 Å². The van der Waals surface area contributed by atoms with Crippen molar-refractivity contribution in [1.82, 2.24) is 23.9 Å². The molecule has 1 aliphatic rings. The van der Waals surface area contributed by atoms with E-state index in [-0.39, 0.29) is 25.0 Å². The van der Waals surface area contributed by atoms with Crippen LogP contribution in [-0.4, -0.2) is 63.9 Å². The number of aromatic nitrogens is 4. The molecule has 0 aromatic carbocycles. The molecule has 1 fully saturated rings. The smallest absolute Gasteiger partial charge is 0.241 e. The molecule has 2 aromatic heterocycles. The van der Waals surface area contributed by atoms with Gasteiger partial charge in [0.15, 0.2) is 5.15 Å². The minimum Gasteiger partial charge on any atom is -0.347 e. The van der Waals surface area contributed by atoms with Crippen molar-refractivity contribution in [3.05, 3.63) is 17.2 Å². The van der Waals surface area contributed by atoms with Gasteiger partial charge in [0.05, 0.1) is 18.5 Å². The van der Waals surface area contributed by atoms with Gasteiger partial charge in [0.25, 0.3) is 0 Å². The number of halogens is 2. The van der Waals surface area contributed by atoms with Crippen LogP contribution >= 0.6 is 11.6 Å². The highest BCUT2D eigenvalue weighted by molar-refractivity contribution is 7.88.